The second kappa shape index (κ2) is 7.79. The maximum atomic E-state index is 12.4. The lowest BCUT2D eigenvalue weighted by Crippen LogP contribution is -2.53. The molecule has 0 spiro atoms. The van der Waals surface area contributed by atoms with Gasteiger partial charge in [-0.15, -0.1) is 0 Å². The SMILES string of the molecule is CCN1CCN(C(=O)NCC[C@H]2CCCO2)C[C@@H]1c1ncc[nH]1. The van der Waals surface area contributed by atoms with Crippen LogP contribution in [0.2, 0.25) is 0 Å². The minimum absolute atomic E-state index is 0.0234. The maximum Gasteiger partial charge on any atom is 0.317 e. The molecule has 0 radical (unpaired) electrons. The standard InChI is InChI=1S/C16H27N5O2/c1-2-20-9-10-21(12-14(20)15-17-7-8-18-15)16(22)19-6-5-13-4-3-11-23-13/h7-8,13-14H,2-6,9-12H2,1H3,(H,17,18)(H,19,22)/t13-,14-/m1/s1. The molecule has 7 nitrogen and oxygen atoms in total. The second-order valence-corrected chi connectivity index (χ2v) is 6.22. The molecular formula is C16H27N5O2. The summed E-state index contributed by atoms with van der Waals surface area (Å²) >= 11 is 0. The quantitative estimate of drug-likeness (QED) is 0.859. The zero-order chi connectivity index (χ0) is 16.1. The Morgan fingerprint density at radius 3 is 3.13 bits per heavy atom. The fraction of sp³-hybridized carbons (Fsp3) is 0.750. The number of carbonyl (C=O) groups excluding carboxylic acids is 1. The van der Waals surface area contributed by atoms with Crippen molar-refractivity contribution in [1.29, 1.82) is 0 Å². The van der Waals surface area contributed by atoms with E-state index >= 15 is 0 Å². The number of rotatable bonds is 5. The number of carbonyl (C=O) groups is 1. The molecule has 128 valence electrons. The summed E-state index contributed by atoms with van der Waals surface area (Å²) in [6, 6.07) is 0.169. The van der Waals surface area contributed by atoms with Crippen LogP contribution in [-0.4, -0.2) is 71.2 Å². The van der Waals surface area contributed by atoms with Gasteiger partial charge in [-0.05, 0) is 25.8 Å². The normalized spacial score (nSPS) is 25.7. The largest absolute Gasteiger partial charge is 0.378 e. The number of ether oxygens (including phenoxy) is 1. The molecule has 3 rings (SSSR count). The van der Waals surface area contributed by atoms with Crippen LogP contribution >= 0.6 is 0 Å². The van der Waals surface area contributed by atoms with Gasteiger partial charge < -0.3 is 19.9 Å². The topological polar surface area (TPSA) is 73.5 Å². The summed E-state index contributed by atoms with van der Waals surface area (Å²) < 4.78 is 5.59. The minimum Gasteiger partial charge on any atom is -0.378 e. The first-order valence-electron chi connectivity index (χ1n) is 8.65. The average molecular weight is 321 g/mol. The van der Waals surface area contributed by atoms with Crippen LogP contribution in [0.15, 0.2) is 12.4 Å². The maximum absolute atomic E-state index is 12.4. The second-order valence-electron chi connectivity index (χ2n) is 6.22. The highest BCUT2D eigenvalue weighted by Crippen LogP contribution is 2.22. The zero-order valence-corrected chi connectivity index (χ0v) is 13.8. The Hall–Kier alpha value is -1.60. The van der Waals surface area contributed by atoms with Gasteiger partial charge in [-0.2, -0.15) is 0 Å². The minimum atomic E-state index is 0.0234. The highest BCUT2D eigenvalue weighted by Gasteiger charge is 2.31. The summed E-state index contributed by atoms with van der Waals surface area (Å²) in [6.07, 6.45) is 7.09. The lowest BCUT2D eigenvalue weighted by molar-refractivity contribution is 0.0869. The van der Waals surface area contributed by atoms with Crippen LogP contribution in [0.3, 0.4) is 0 Å². The molecule has 2 amide bonds. The molecule has 2 aliphatic heterocycles. The van der Waals surface area contributed by atoms with Crippen LogP contribution in [0.5, 0.6) is 0 Å². The molecule has 23 heavy (non-hydrogen) atoms. The van der Waals surface area contributed by atoms with E-state index in [0.717, 1.165) is 51.3 Å². The molecule has 0 saturated carbocycles. The van der Waals surface area contributed by atoms with E-state index in [0.29, 0.717) is 19.2 Å². The molecule has 2 saturated heterocycles. The Balaban J connectivity index is 1.50. The van der Waals surface area contributed by atoms with Crippen LogP contribution < -0.4 is 5.32 Å². The number of nitrogens with zero attached hydrogens (tertiary/aromatic N) is 3. The van der Waals surface area contributed by atoms with Crippen molar-refractivity contribution in [2.45, 2.75) is 38.3 Å². The number of imidazole rings is 1. The number of likely N-dealkylation sites (N-methyl/N-ethyl adjacent to an activating group) is 1. The predicted octanol–water partition coefficient (Wildman–Crippen LogP) is 1.37. The molecular weight excluding hydrogens is 294 g/mol. The molecule has 0 aliphatic carbocycles. The number of urea groups is 1. The Labute approximate surface area is 137 Å². The van der Waals surface area contributed by atoms with Crippen molar-refractivity contribution in [1.82, 2.24) is 25.1 Å². The van der Waals surface area contributed by atoms with Crippen LogP contribution in [0, 0.1) is 0 Å². The van der Waals surface area contributed by atoms with Crippen molar-refractivity contribution in [2.24, 2.45) is 0 Å². The van der Waals surface area contributed by atoms with Crippen molar-refractivity contribution in [2.75, 3.05) is 39.3 Å². The summed E-state index contributed by atoms with van der Waals surface area (Å²) in [5.41, 5.74) is 0. The predicted molar refractivity (Wildman–Crippen MR) is 87.1 cm³/mol. The Kier molecular flexibility index (Phi) is 5.51. The van der Waals surface area contributed by atoms with Gasteiger partial charge in [0.25, 0.3) is 0 Å². The molecule has 0 bridgehead atoms. The monoisotopic (exact) mass is 321 g/mol. The molecule has 2 atom stereocenters. The molecule has 2 aliphatic rings. The van der Waals surface area contributed by atoms with Crippen molar-refractivity contribution < 1.29 is 9.53 Å². The van der Waals surface area contributed by atoms with E-state index < -0.39 is 0 Å². The number of aromatic amines is 1. The van der Waals surface area contributed by atoms with E-state index in [4.69, 9.17) is 4.74 Å². The van der Waals surface area contributed by atoms with E-state index in [2.05, 4.69) is 27.1 Å². The number of aromatic nitrogens is 2. The summed E-state index contributed by atoms with van der Waals surface area (Å²) in [5, 5.41) is 3.04. The highest BCUT2D eigenvalue weighted by atomic mass is 16.5. The van der Waals surface area contributed by atoms with Crippen molar-refractivity contribution in [3.05, 3.63) is 18.2 Å². The molecule has 2 fully saturated rings. The van der Waals surface area contributed by atoms with Gasteiger partial charge in [0.15, 0.2) is 0 Å². The molecule has 0 unspecified atom stereocenters. The highest BCUT2D eigenvalue weighted by molar-refractivity contribution is 5.74. The molecule has 3 heterocycles. The average Bonchev–Trinajstić information content (AvgIpc) is 3.27. The number of hydrogen-bond acceptors (Lipinski definition) is 4. The first kappa shape index (κ1) is 16.3. The lowest BCUT2D eigenvalue weighted by atomic mass is 10.1. The van der Waals surface area contributed by atoms with Crippen molar-refractivity contribution in [3.8, 4) is 0 Å². The van der Waals surface area contributed by atoms with Gasteiger partial charge in [-0.3, -0.25) is 4.90 Å². The van der Waals surface area contributed by atoms with Gasteiger partial charge in [0.1, 0.15) is 5.82 Å². The van der Waals surface area contributed by atoms with E-state index in [1.807, 2.05) is 11.1 Å². The molecule has 1 aromatic rings. The fourth-order valence-corrected chi connectivity index (χ4v) is 3.43. The molecule has 7 heteroatoms. The summed E-state index contributed by atoms with van der Waals surface area (Å²) in [4.78, 5) is 24.2. The first-order valence-corrected chi connectivity index (χ1v) is 8.65. The molecule has 2 N–H and O–H groups in total. The lowest BCUT2D eigenvalue weighted by Gasteiger charge is -2.40. The van der Waals surface area contributed by atoms with Gasteiger partial charge >= 0.3 is 6.03 Å². The van der Waals surface area contributed by atoms with E-state index in [-0.39, 0.29) is 12.1 Å². The molecule has 0 aromatic carbocycles. The summed E-state index contributed by atoms with van der Waals surface area (Å²) in [5.74, 6) is 0.934. The third-order valence-corrected chi connectivity index (χ3v) is 4.79. The Morgan fingerprint density at radius 2 is 2.43 bits per heavy atom. The number of piperazine rings is 1. The van der Waals surface area contributed by atoms with Gasteiger partial charge in [0.2, 0.25) is 0 Å². The van der Waals surface area contributed by atoms with E-state index in [9.17, 15) is 4.79 Å². The van der Waals surface area contributed by atoms with Crippen LogP contribution in [0.25, 0.3) is 0 Å². The Morgan fingerprint density at radius 1 is 1.52 bits per heavy atom. The third kappa shape index (κ3) is 4.03. The van der Waals surface area contributed by atoms with Crippen molar-refractivity contribution >= 4 is 6.03 Å². The smallest absolute Gasteiger partial charge is 0.317 e. The number of amides is 2. The summed E-state index contributed by atoms with van der Waals surface area (Å²) in [7, 11) is 0. The van der Waals surface area contributed by atoms with Gasteiger partial charge in [-0.1, -0.05) is 6.92 Å². The summed E-state index contributed by atoms with van der Waals surface area (Å²) in [6.45, 7) is 6.96. The molecule has 1 aromatic heterocycles. The Bertz CT molecular complexity index is 487. The first-order chi connectivity index (χ1) is 11.3. The van der Waals surface area contributed by atoms with Crippen molar-refractivity contribution in [3.63, 3.8) is 0 Å². The zero-order valence-electron chi connectivity index (χ0n) is 13.8. The van der Waals surface area contributed by atoms with Crippen LogP contribution in [-0.2, 0) is 4.74 Å². The van der Waals surface area contributed by atoms with Gasteiger partial charge in [0.05, 0.1) is 12.1 Å². The third-order valence-electron chi connectivity index (χ3n) is 4.79. The fourth-order valence-electron chi connectivity index (χ4n) is 3.43. The van der Waals surface area contributed by atoms with Crippen LogP contribution in [0.4, 0.5) is 4.79 Å². The number of hydrogen-bond donors (Lipinski definition) is 2. The number of nitrogens with one attached hydrogen (secondary N) is 2. The van der Waals surface area contributed by atoms with E-state index in [1.165, 1.54) is 0 Å². The van der Waals surface area contributed by atoms with E-state index in [1.54, 1.807) is 6.20 Å². The van der Waals surface area contributed by atoms with Gasteiger partial charge in [0, 0.05) is 45.2 Å². The van der Waals surface area contributed by atoms with Crippen LogP contribution in [0.1, 0.15) is 38.1 Å². The van der Waals surface area contributed by atoms with Gasteiger partial charge in [-0.25, -0.2) is 9.78 Å². The number of H-pyrrole nitrogens is 1.